The Labute approximate surface area is 159 Å². The summed E-state index contributed by atoms with van der Waals surface area (Å²) in [5.41, 5.74) is 0. The van der Waals surface area contributed by atoms with E-state index in [0.29, 0.717) is 37.3 Å². The van der Waals surface area contributed by atoms with Crippen molar-refractivity contribution in [2.24, 2.45) is 10.9 Å². The molecular weight excluding hydrogens is 351 g/mol. The Kier molecular flexibility index (Phi) is 8.16. The first-order chi connectivity index (χ1) is 13.0. The Morgan fingerprint density at radius 2 is 1.93 bits per heavy atom. The van der Waals surface area contributed by atoms with Gasteiger partial charge in [-0.25, -0.2) is 9.18 Å². The van der Waals surface area contributed by atoms with Gasteiger partial charge in [0.15, 0.2) is 5.96 Å². The number of carbonyl (C=O) groups excluding carboxylic acids is 1. The van der Waals surface area contributed by atoms with Gasteiger partial charge in [-0.05, 0) is 56.9 Å². The van der Waals surface area contributed by atoms with Crippen LogP contribution < -0.4 is 20.7 Å². The van der Waals surface area contributed by atoms with Gasteiger partial charge >= 0.3 is 6.09 Å². The van der Waals surface area contributed by atoms with E-state index in [9.17, 15) is 9.18 Å². The fraction of sp³-hybridized carbons (Fsp3) is 0.579. The zero-order chi connectivity index (χ0) is 19.6. The maximum Gasteiger partial charge on any atom is 0.407 e. The van der Waals surface area contributed by atoms with Crippen molar-refractivity contribution in [1.29, 1.82) is 0 Å². The van der Waals surface area contributed by atoms with Gasteiger partial charge in [0.1, 0.15) is 17.7 Å². The number of alkyl carbamates (subject to hydrolysis) is 1. The summed E-state index contributed by atoms with van der Waals surface area (Å²) in [7, 11) is 1.69. The van der Waals surface area contributed by atoms with Gasteiger partial charge in [0, 0.05) is 13.6 Å². The maximum atomic E-state index is 12.9. The molecule has 1 amide bonds. The van der Waals surface area contributed by atoms with Crippen molar-refractivity contribution in [3.63, 3.8) is 0 Å². The van der Waals surface area contributed by atoms with Gasteiger partial charge in [0.05, 0.1) is 19.2 Å². The van der Waals surface area contributed by atoms with Crippen LogP contribution in [0.25, 0.3) is 0 Å². The first-order valence-corrected chi connectivity index (χ1v) is 9.31. The first kappa shape index (κ1) is 20.8. The molecule has 0 radical (unpaired) electrons. The maximum absolute atomic E-state index is 12.9. The van der Waals surface area contributed by atoms with Crippen LogP contribution in [0.4, 0.5) is 9.18 Å². The van der Waals surface area contributed by atoms with E-state index >= 15 is 0 Å². The standard InChI is InChI=1S/C19H29FN4O3/c1-4-26-19(25)24-17(14-5-6-14)12-23-18(21-3)22-11-13(2)27-16-9-7-15(20)8-10-16/h7-10,13-14,17H,4-6,11-12H2,1-3H3,(H,24,25)(H2,21,22,23). The van der Waals surface area contributed by atoms with Crippen LogP contribution in [-0.2, 0) is 4.74 Å². The van der Waals surface area contributed by atoms with E-state index in [-0.39, 0.29) is 24.1 Å². The predicted molar refractivity (Wildman–Crippen MR) is 103 cm³/mol. The number of aliphatic imine (C=N–C) groups is 1. The number of amides is 1. The van der Waals surface area contributed by atoms with Crippen molar-refractivity contribution in [2.45, 2.75) is 38.8 Å². The van der Waals surface area contributed by atoms with Crippen molar-refractivity contribution in [3.05, 3.63) is 30.1 Å². The van der Waals surface area contributed by atoms with E-state index in [1.54, 1.807) is 26.1 Å². The highest BCUT2D eigenvalue weighted by Crippen LogP contribution is 2.32. The van der Waals surface area contributed by atoms with Gasteiger partial charge in [-0.1, -0.05) is 0 Å². The molecule has 0 saturated heterocycles. The second kappa shape index (κ2) is 10.6. The number of halogens is 1. The lowest BCUT2D eigenvalue weighted by Gasteiger charge is -2.21. The normalized spacial score (nSPS) is 16.2. The minimum Gasteiger partial charge on any atom is -0.489 e. The average molecular weight is 380 g/mol. The molecule has 2 atom stereocenters. The number of nitrogens with one attached hydrogen (secondary N) is 3. The summed E-state index contributed by atoms with van der Waals surface area (Å²) in [5, 5.41) is 9.32. The zero-order valence-electron chi connectivity index (χ0n) is 16.1. The molecule has 0 bridgehead atoms. The number of guanidine groups is 1. The van der Waals surface area contributed by atoms with E-state index in [0.717, 1.165) is 12.8 Å². The van der Waals surface area contributed by atoms with Gasteiger partial charge < -0.3 is 25.4 Å². The molecule has 0 heterocycles. The van der Waals surface area contributed by atoms with Gasteiger partial charge in [-0.3, -0.25) is 4.99 Å². The summed E-state index contributed by atoms with van der Waals surface area (Å²) in [6, 6.07) is 5.94. The van der Waals surface area contributed by atoms with E-state index in [4.69, 9.17) is 9.47 Å². The lowest BCUT2D eigenvalue weighted by atomic mass is 10.2. The van der Waals surface area contributed by atoms with Crippen LogP contribution in [0.2, 0.25) is 0 Å². The highest BCUT2D eigenvalue weighted by Gasteiger charge is 2.32. The molecule has 1 aromatic carbocycles. The molecule has 8 heteroatoms. The number of ether oxygens (including phenoxy) is 2. The molecule has 1 fully saturated rings. The third-order valence-corrected chi connectivity index (χ3v) is 4.19. The SMILES string of the molecule is CCOC(=O)NC(CNC(=NC)NCC(C)Oc1ccc(F)cc1)C1CC1. The first-order valence-electron chi connectivity index (χ1n) is 9.31. The molecule has 27 heavy (non-hydrogen) atoms. The van der Waals surface area contributed by atoms with Crippen molar-refractivity contribution < 1.29 is 18.7 Å². The molecule has 0 aliphatic heterocycles. The van der Waals surface area contributed by atoms with Crippen LogP contribution in [0, 0.1) is 11.7 Å². The van der Waals surface area contributed by atoms with Crippen LogP contribution >= 0.6 is 0 Å². The van der Waals surface area contributed by atoms with Gasteiger partial charge in [0.25, 0.3) is 0 Å². The third-order valence-electron chi connectivity index (χ3n) is 4.19. The molecule has 3 N–H and O–H groups in total. The Hall–Kier alpha value is -2.51. The van der Waals surface area contributed by atoms with Gasteiger partial charge in [0.2, 0.25) is 0 Å². The highest BCUT2D eigenvalue weighted by molar-refractivity contribution is 5.79. The van der Waals surface area contributed by atoms with Crippen molar-refractivity contribution in [2.75, 3.05) is 26.7 Å². The molecule has 0 spiro atoms. The predicted octanol–water partition coefficient (Wildman–Crippen LogP) is 2.28. The lowest BCUT2D eigenvalue weighted by Crippen LogP contribution is -2.49. The van der Waals surface area contributed by atoms with Crippen LogP contribution in [-0.4, -0.2) is 50.9 Å². The van der Waals surface area contributed by atoms with Crippen molar-refractivity contribution in [3.8, 4) is 5.75 Å². The molecule has 1 saturated carbocycles. The molecule has 1 aliphatic carbocycles. The summed E-state index contributed by atoms with van der Waals surface area (Å²) in [6.07, 6.45) is 1.69. The fourth-order valence-electron chi connectivity index (χ4n) is 2.61. The van der Waals surface area contributed by atoms with Crippen LogP contribution in [0.3, 0.4) is 0 Å². The summed E-state index contributed by atoms with van der Waals surface area (Å²) in [6.45, 7) is 5.14. The highest BCUT2D eigenvalue weighted by atomic mass is 19.1. The topological polar surface area (TPSA) is 84.0 Å². The third kappa shape index (κ3) is 7.72. The minimum atomic E-state index is -0.388. The fourth-order valence-corrected chi connectivity index (χ4v) is 2.61. The molecule has 150 valence electrons. The smallest absolute Gasteiger partial charge is 0.407 e. The van der Waals surface area contributed by atoms with Gasteiger partial charge in [-0.15, -0.1) is 0 Å². The largest absolute Gasteiger partial charge is 0.489 e. The summed E-state index contributed by atoms with van der Waals surface area (Å²) >= 11 is 0. The van der Waals surface area contributed by atoms with Crippen LogP contribution in [0.1, 0.15) is 26.7 Å². The monoisotopic (exact) mass is 380 g/mol. The minimum absolute atomic E-state index is 0.00971. The Morgan fingerprint density at radius 3 is 2.52 bits per heavy atom. The number of nitrogens with zero attached hydrogens (tertiary/aromatic N) is 1. The molecule has 0 aromatic heterocycles. The summed E-state index contributed by atoms with van der Waals surface area (Å²) in [5.74, 6) is 1.42. The van der Waals surface area contributed by atoms with Crippen LogP contribution in [0.5, 0.6) is 5.75 Å². The molecule has 7 nitrogen and oxygen atoms in total. The molecular formula is C19H29FN4O3. The summed E-state index contributed by atoms with van der Waals surface area (Å²) in [4.78, 5) is 15.9. The van der Waals surface area contributed by atoms with Crippen molar-refractivity contribution >= 4 is 12.1 Å². The number of hydrogen-bond donors (Lipinski definition) is 3. The average Bonchev–Trinajstić information content (AvgIpc) is 3.48. The molecule has 1 aromatic rings. The van der Waals surface area contributed by atoms with Crippen LogP contribution in [0.15, 0.2) is 29.3 Å². The van der Waals surface area contributed by atoms with Gasteiger partial charge in [-0.2, -0.15) is 0 Å². The molecule has 2 unspecified atom stereocenters. The Balaban J connectivity index is 1.73. The number of benzene rings is 1. The quantitative estimate of drug-likeness (QED) is 0.452. The van der Waals surface area contributed by atoms with E-state index in [1.165, 1.54) is 12.1 Å². The second-order valence-corrected chi connectivity index (χ2v) is 6.53. The Morgan fingerprint density at radius 1 is 1.26 bits per heavy atom. The Bertz CT molecular complexity index is 620. The lowest BCUT2D eigenvalue weighted by molar-refractivity contribution is 0.146. The molecule has 1 aliphatic rings. The zero-order valence-corrected chi connectivity index (χ0v) is 16.1. The number of hydrogen-bond acceptors (Lipinski definition) is 4. The van der Waals surface area contributed by atoms with Crippen molar-refractivity contribution in [1.82, 2.24) is 16.0 Å². The number of carbonyl (C=O) groups is 1. The van der Waals surface area contributed by atoms with E-state index in [1.807, 2.05) is 6.92 Å². The summed E-state index contributed by atoms with van der Waals surface area (Å²) < 4.78 is 23.6. The molecule has 2 rings (SSSR count). The second-order valence-electron chi connectivity index (χ2n) is 6.53. The number of rotatable bonds is 9. The van der Waals surface area contributed by atoms with E-state index in [2.05, 4.69) is 20.9 Å². The van der Waals surface area contributed by atoms with E-state index < -0.39 is 0 Å².